The van der Waals surface area contributed by atoms with Crippen LogP contribution in [0.25, 0.3) is 11.4 Å². The summed E-state index contributed by atoms with van der Waals surface area (Å²) in [6, 6.07) is 6.17. The van der Waals surface area contributed by atoms with Crippen LogP contribution in [0.5, 0.6) is 0 Å². The van der Waals surface area contributed by atoms with Crippen molar-refractivity contribution >= 4 is 39.8 Å². The van der Waals surface area contributed by atoms with E-state index in [1.807, 2.05) is 0 Å². The van der Waals surface area contributed by atoms with Crippen LogP contribution in [0.15, 0.2) is 41.0 Å². The highest BCUT2D eigenvalue weighted by Gasteiger charge is 2.15. The molecule has 3 rings (SSSR count). The minimum Gasteiger partial charge on any atom is -0.305 e. The Morgan fingerprint density at radius 1 is 1.44 bits per heavy atom. The number of nitro groups is 1. The number of carbonyl (C=O) groups is 1. The molecule has 0 aliphatic heterocycles. The van der Waals surface area contributed by atoms with Crippen molar-refractivity contribution in [3.8, 4) is 11.4 Å². The molecule has 3 aromatic rings. The number of nitrogens with zero attached hydrogens (tertiary/aromatic N) is 5. The molecule has 25 heavy (non-hydrogen) atoms. The van der Waals surface area contributed by atoms with Gasteiger partial charge in [-0.25, -0.2) is 4.98 Å². The van der Waals surface area contributed by atoms with Gasteiger partial charge in [0, 0.05) is 36.3 Å². The van der Waals surface area contributed by atoms with Gasteiger partial charge in [-0.15, -0.1) is 21.5 Å². The third-order valence-corrected chi connectivity index (χ3v) is 4.87. The fourth-order valence-corrected chi connectivity index (χ4v) is 3.28. The molecule has 0 bridgehead atoms. The standard InChI is InChI=1S/C14H12N6O3S2/c1-19-12(9-3-2-4-10(7-9)20(22)23)17-18-14(19)25-8-11(21)16-13-15-5-6-24-13/h2-7H,8H2,1H3,(H,15,16,21). The lowest BCUT2D eigenvalue weighted by Crippen LogP contribution is -2.14. The van der Waals surface area contributed by atoms with Gasteiger partial charge >= 0.3 is 0 Å². The minimum absolute atomic E-state index is 0.0162. The Bertz CT molecular complexity index is 909. The van der Waals surface area contributed by atoms with Gasteiger partial charge in [-0.2, -0.15) is 0 Å². The number of rotatable bonds is 6. The summed E-state index contributed by atoms with van der Waals surface area (Å²) in [6.07, 6.45) is 1.61. The molecule has 0 saturated heterocycles. The highest BCUT2D eigenvalue weighted by Crippen LogP contribution is 2.25. The Balaban J connectivity index is 1.70. The number of hydrogen-bond donors (Lipinski definition) is 1. The van der Waals surface area contributed by atoms with Crippen LogP contribution < -0.4 is 5.32 Å². The molecule has 11 heteroatoms. The second kappa shape index (κ2) is 7.40. The average Bonchev–Trinajstić information content (AvgIpc) is 3.23. The number of anilines is 1. The van der Waals surface area contributed by atoms with Crippen LogP contribution in [0.3, 0.4) is 0 Å². The summed E-state index contributed by atoms with van der Waals surface area (Å²) in [5, 5.41) is 24.5. The molecular weight excluding hydrogens is 364 g/mol. The molecule has 1 amide bonds. The van der Waals surface area contributed by atoms with E-state index in [0.29, 0.717) is 21.7 Å². The third-order valence-electron chi connectivity index (χ3n) is 3.16. The molecule has 0 aliphatic carbocycles. The van der Waals surface area contributed by atoms with Crippen LogP contribution in [-0.2, 0) is 11.8 Å². The Morgan fingerprint density at radius 3 is 3.00 bits per heavy atom. The summed E-state index contributed by atoms with van der Waals surface area (Å²) >= 11 is 2.56. The molecule has 2 heterocycles. The lowest BCUT2D eigenvalue weighted by molar-refractivity contribution is -0.384. The van der Waals surface area contributed by atoms with E-state index in [1.54, 1.807) is 35.3 Å². The zero-order valence-corrected chi connectivity index (χ0v) is 14.6. The second-order valence-corrected chi connectivity index (χ2v) is 6.68. The van der Waals surface area contributed by atoms with Gasteiger partial charge in [-0.1, -0.05) is 23.9 Å². The molecule has 2 aromatic heterocycles. The van der Waals surface area contributed by atoms with E-state index in [4.69, 9.17) is 0 Å². The van der Waals surface area contributed by atoms with Crippen molar-refractivity contribution in [1.29, 1.82) is 0 Å². The number of carbonyl (C=O) groups excluding carboxylic acids is 1. The topological polar surface area (TPSA) is 116 Å². The lowest BCUT2D eigenvalue weighted by Gasteiger charge is -2.04. The van der Waals surface area contributed by atoms with Crippen LogP contribution >= 0.6 is 23.1 Å². The zero-order valence-electron chi connectivity index (χ0n) is 12.9. The van der Waals surface area contributed by atoms with Gasteiger partial charge in [0.15, 0.2) is 16.1 Å². The number of hydrogen-bond acceptors (Lipinski definition) is 8. The lowest BCUT2D eigenvalue weighted by atomic mass is 10.2. The van der Waals surface area contributed by atoms with Gasteiger partial charge in [-0.05, 0) is 0 Å². The van der Waals surface area contributed by atoms with Gasteiger partial charge < -0.3 is 9.88 Å². The van der Waals surface area contributed by atoms with Gasteiger partial charge in [-0.3, -0.25) is 14.9 Å². The molecule has 0 fully saturated rings. The summed E-state index contributed by atoms with van der Waals surface area (Å²) in [7, 11) is 1.75. The molecule has 0 unspecified atom stereocenters. The molecular formula is C14H12N6O3S2. The summed E-state index contributed by atoms with van der Waals surface area (Å²) in [4.78, 5) is 26.3. The molecule has 0 spiro atoms. The number of non-ortho nitro benzene ring substituents is 1. The molecule has 0 aliphatic rings. The van der Waals surface area contributed by atoms with E-state index in [0.717, 1.165) is 0 Å². The SMILES string of the molecule is Cn1c(SCC(=O)Nc2nccs2)nnc1-c1cccc([N+](=O)[O-])c1. The Morgan fingerprint density at radius 2 is 2.28 bits per heavy atom. The van der Waals surface area contributed by atoms with E-state index < -0.39 is 4.92 Å². The first kappa shape index (κ1) is 17.0. The summed E-state index contributed by atoms with van der Waals surface area (Å²) < 4.78 is 1.69. The number of nitro benzene ring substituents is 1. The second-order valence-electron chi connectivity index (χ2n) is 4.85. The van der Waals surface area contributed by atoms with Crippen molar-refractivity contribution in [2.24, 2.45) is 7.05 Å². The van der Waals surface area contributed by atoms with Crippen LogP contribution in [0.2, 0.25) is 0 Å². The normalized spacial score (nSPS) is 10.6. The van der Waals surface area contributed by atoms with Crippen molar-refractivity contribution in [2.45, 2.75) is 5.16 Å². The Labute approximate surface area is 150 Å². The first-order valence-electron chi connectivity index (χ1n) is 7.01. The van der Waals surface area contributed by atoms with Gasteiger partial charge in [0.1, 0.15) is 0 Å². The highest BCUT2D eigenvalue weighted by molar-refractivity contribution is 7.99. The molecule has 0 atom stereocenters. The number of benzene rings is 1. The monoisotopic (exact) mass is 376 g/mol. The first-order valence-corrected chi connectivity index (χ1v) is 8.87. The maximum absolute atomic E-state index is 11.9. The van der Waals surface area contributed by atoms with Gasteiger partial charge in [0.05, 0.1) is 10.7 Å². The predicted octanol–water partition coefficient (Wildman–Crippen LogP) is 2.58. The number of thiazole rings is 1. The fourth-order valence-electron chi connectivity index (χ4n) is 2.02. The van der Waals surface area contributed by atoms with E-state index in [9.17, 15) is 14.9 Å². The number of amides is 1. The van der Waals surface area contributed by atoms with Crippen molar-refractivity contribution < 1.29 is 9.72 Å². The molecule has 1 N–H and O–H groups in total. The minimum atomic E-state index is -0.460. The fraction of sp³-hybridized carbons (Fsp3) is 0.143. The van der Waals surface area contributed by atoms with Gasteiger partial charge in [0.2, 0.25) is 5.91 Å². The van der Waals surface area contributed by atoms with Crippen molar-refractivity contribution in [1.82, 2.24) is 19.7 Å². The maximum Gasteiger partial charge on any atom is 0.270 e. The number of nitrogens with one attached hydrogen (secondary N) is 1. The molecule has 1 aromatic carbocycles. The maximum atomic E-state index is 11.9. The molecule has 0 saturated carbocycles. The van der Waals surface area contributed by atoms with E-state index in [2.05, 4.69) is 20.5 Å². The van der Waals surface area contributed by atoms with Crippen molar-refractivity contribution in [2.75, 3.05) is 11.1 Å². The quantitative estimate of drug-likeness (QED) is 0.399. The average molecular weight is 376 g/mol. The molecule has 128 valence electrons. The van der Waals surface area contributed by atoms with E-state index in [1.165, 1.54) is 35.2 Å². The van der Waals surface area contributed by atoms with Crippen LogP contribution in [-0.4, -0.2) is 36.3 Å². The largest absolute Gasteiger partial charge is 0.305 e. The molecule has 9 nitrogen and oxygen atoms in total. The van der Waals surface area contributed by atoms with E-state index >= 15 is 0 Å². The van der Waals surface area contributed by atoms with Crippen LogP contribution in [0, 0.1) is 10.1 Å². The smallest absolute Gasteiger partial charge is 0.270 e. The summed E-state index contributed by atoms with van der Waals surface area (Å²) in [5.41, 5.74) is 0.570. The zero-order chi connectivity index (χ0) is 17.8. The van der Waals surface area contributed by atoms with E-state index in [-0.39, 0.29) is 17.3 Å². The van der Waals surface area contributed by atoms with Gasteiger partial charge in [0.25, 0.3) is 5.69 Å². The summed E-state index contributed by atoms with van der Waals surface area (Å²) in [5.74, 6) is 0.451. The highest BCUT2D eigenvalue weighted by atomic mass is 32.2. The summed E-state index contributed by atoms with van der Waals surface area (Å²) in [6.45, 7) is 0. The third kappa shape index (κ3) is 4.00. The van der Waals surface area contributed by atoms with Crippen molar-refractivity contribution in [3.05, 3.63) is 46.0 Å². The molecule has 0 radical (unpaired) electrons. The first-order chi connectivity index (χ1) is 12.0. The Hall–Kier alpha value is -2.79. The Kier molecular flexibility index (Phi) is 5.05. The van der Waals surface area contributed by atoms with Crippen molar-refractivity contribution in [3.63, 3.8) is 0 Å². The number of thioether (sulfide) groups is 1. The van der Waals surface area contributed by atoms with Crippen LogP contribution in [0.1, 0.15) is 0 Å². The van der Waals surface area contributed by atoms with Crippen LogP contribution in [0.4, 0.5) is 10.8 Å². The predicted molar refractivity (Wildman–Crippen MR) is 94.6 cm³/mol. The number of aromatic nitrogens is 4.